The summed E-state index contributed by atoms with van der Waals surface area (Å²) in [6.07, 6.45) is 2.50. The number of aldehydes is 1. The molecule has 0 aromatic carbocycles. The molecule has 0 saturated carbocycles. The summed E-state index contributed by atoms with van der Waals surface area (Å²) in [5.74, 6) is 1.02. The Morgan fingerprint density at radius 3 is 2.44 bits per heavy atom. The lowest BCUT2D eigenvalue weighted by atomic mass is 10.2. The first kappa shape index (κ1) is 13.0. The fraction of sp³-hybridized carbons (Fsp3) is 0.571. The Hall–Kier alpha value is -1.42. The molecule has 0 radical (unpaired) electrons. The Morgan fingerprint density at radius 2 is 1.94 bits per heavy atom. The predicted molar refractivity (Wildman–Crippen MR) is 73.3 cm³/mol. The summed E-state index contributed by atoms with van der Waals surface area (Å²) in [6, 6.07) is 2.52. The molecule has 0 aliphatic carbocycles. The first-order valence-electron chi connectivity index (χ1n) is 6.52. The highest BCUT2D eigenvalue weighted by molar-refractivity contribution is 5.75. The number of carbonyl (C=O) groups is 1. The maximum Gasteiger partial charge on any atom is 0.151 e. The molecule has 0 unspecified atom stereocenters. The molecule has 0 atom stereocenters. The number of nitrogens with zero attached hydrogens (tertiary/aromatic N) is 3. The third-order valence-electron chi connectivity index (χ3n) is 3.55. The Kier molecular flexibility index (Phi) is 3.97. The first-order valence-corrected chi connectivity index (χ1v) is 6.52. The van der Waals surface area contributed by atoms with Crippen LogP contribution in [0.4, 0.5) is 5.82 Å². The number of anilines is 1. The quantitative estimate of drug-likeness (QED) is 0.762. The second-order valence-corrected chi connectivity index (χ2v) is 5.14. The molecule has 1 aliphatic rings. The van der Waals surface area contributed by atoms with Gasteiger partial charge < -0.3 is 4.90 Å². The van der Waals surface area contributed by atoms with Crippen molar-refractivity contribution < 1.29 is 4.79 Å². The normalized spacial score (nSPS) is 17.2. The Labute approximate surface area is 109 Å². The van der Waals surface area contributed by atoms with Gasteiger partial charge in [0.05, 0.1) is 0 Å². The number of hydrogen-bond acceptors (Lipinski definition) is 4. The summed E-state index contributed by atoms with van der Waals surface area (Å²) in [4.78, 5) is 19.9. The molecule has 18 heavy (non-hydrogen) atoms. The van der Waals surface area contributed by atoms with E-state index in [1.165, 1.54) is 0 Å². The highest BCUT2D eigenvalue weighted by atomic mass is 16.1. The van der Waals surface area contributed by atoms with E-state index >= 15 is 0 Å². The van der Waals surface area contributed by atoms with E-state index in [0.29, 0.717) is 11.6 Å². The Balaban J connectivity index is 2.07. The lowest BCUT2D eigenvalue weighted by Gasteiger charge is -2.38. The Bertz CT molecular complexity index is 423. The van der Waals surface area contributed by atoms with Crippen LogP contribution in [0.5, 0.6) is 0 Å². The average Bonchev–Trinajstić information content (AvgIpc) is 2.38. The topological polar surface area (TPSA) is 36.4 Å². The molecule has 0 bridgehead atoms. The van der Waals surface area contributed by atoms with Gasteiger partial charge in [0.25, 0.3) is 0 Å². The van der Waals surface area contributed by atoms with Gasteiger partial charge in [0.2, 0.25) is 0 Å². The molecule has 0 N–H and O–H groups in total. The molecule has 1 aliphatic heterocycles. The number of carbonyl (C=O) groups excluding carboxylic acids is 1. The molecule has 0 spiro atoms. The minimum Gasteiger partial charge on any atom is -0.354 e. The van der Waals surface area contributed by atoms with E-state index in [1.54, 1.807) is 6.20 Å². The van der Waals surface area contributed by atoms with E-state index in [9.17, 15) is 4.79 Å². The number of pyridine rings is 1. The molecule has 2 rings (SSSR count). The van der Waals surface area contributed by atoms with Crippen molar-refractivity contribution in [1.29, 1.82) is 0 Å². The monoisotopic (exact) mass is 247 g/mol. The SMILES string of the molecule is Cc1cc(C=O)cnc1N1CCN(C(C)C)CC1. The lowest BCUT2D eigenvalue weighted by Crippen LogP contribution is -2.49. The predicted octanol–water partition coefficient (Wildman–Crippen LogP) is 1.73. The van der Waals surface area contributed by atoms with Crippen molar-refractivity contribution in [3.05, 3.63) is 23.4 Å². The van der Waals surface area contributed by atoms with Gasteiger partial charge in [-0.1, -0.05) is 0 Å². The summed E-state index contributed by atoms with van der Waals surface area (Å²) in [7, 11) is 0. The maximum atomic E-state index is 10.7. The standard InChI is InChI=1S/C14H21N3O/c1-11(2)16-4-6-17(7-5-16)14-12(3)8-13(10-18)9-15-14/h8-11H,4-7H2,1-3H3. The van der Waals surface area contributed by atoms with Gasteiger partial charge in [0.15, 0.2) is 6.29 Å². The fourth-order valence-electron chi connectivity index (χ4n) is 2.43. The van der Waals surface area contributed by atoms with Crippen molar-refractivity contribution in [2.24, 2.45) is 0 Å². The number of hydrogen-bond donors (Lipinski definition) is 0. The van der Waals surface area contributed by atoms with Crippen LogP contribution in [0, 0.1) is 6.92 Å². The van der Waals surface area contributed by atoms with E-state index in [-0.39, 0.29) is 0 Å². The summed E-state index contributed by atoms with van der Waals surface area (Å²) >= 11 is 0. The molecule has 1 saturated heterocycles. The zero-order valence-corrected chi connectivity index (χ0v) is 11.4. The summed E-state index contributed by atoms with van der Waals surface area (Å²) < 4.78 is 0. The molecular formula is C14H21N3O. The van der Waals surface area contributed by atoms with Gasteiger partial charge in [-0.25, -0.2) is 4.98 Å². The van der Waals surface area contributed by atoms with Gasteiger partial charge in [-0.15, -0.1) is 0 Å². The maximum absolute atomic E-state index is 10.7. The van der Waals surface area contributed by atoms with E-state index in [1.807, 2.05) is 13.0 Å². The molecule has 4 nitrogen and oxygen atoms in total. The molecule has 1 aromatic rings. The number of piperazine rings is 1. The highest BCUT2D eigenvalue weighted by Gasteiger charge is 2.20. The van der Waals surface area contributed by atoms with Crippen LogP contribution < -0.4 is 4.90 Å². The van der Waals surface area contributed by atoms with Crippen molar-refractivity contribution >= 4 is 12.1 Å². The zero-order chi connectivity index (χ0) is 13.1. The van der Waals surface area contributed by atoms with Crippen LogP contribution >= 0.6 is 0 Å². The molecule has 0 amide bonds. The second kappa shape index (κ2) is 5.48. The van der Waals surface area contributed by atoms with E-state index in [4.69, 9.17) is 0 Å². The van der Waals surface area contributed by atoms with Gasteiger partial charge in [-0.2, -0.15) is 0 Å². The van der Waals surface area contributed by atoms with Gasteiger partial charge in [0, 0.05) is 44.0 Å². The van der Waals surface area contributed by atoms with Crippen LogP contribution in [0.1, 0.15) is 29.8 Å². The number of aromatic nitrogens is 1. The molecule has 1 aromatic heterocycles. The van der Waals surface area contributed by atoms with Crippen LogP contribution in [0.3, 0.4) is 0 Å². The van der Waals surface area contributed by atoms with Crippen molar-refractivity contribution in [2.45, 2.75) is 26.8 Å². The van der Waals surface area contributed by atoms with E-state index < -0.39 is 0 Å². The average molecular weight is 247 g/mol. The van der Waals surface area contributed by atoms with Crippen LogP contribution in [-0.4, -0.2) is 48.4 Å². The highest BCUT2D eigenvalue weighted by Crippen LogP contribution is 2.19. The van der Waals surface area contributed by atoms with Crippen LogP contribution in [0.2, 0.25) is 0 Å². The molecule has 2 heterocycles. The van der Waals surface area contributed by atoms with Crippen LogP contribution in [0.25, 0.3) is 0 Å². The van der Waals surface area contributed by atoms with Crippen molar-refractivity contribution in [1.82, 2.24) is 9.88 Å². The lowest BCUT2D eigenvalue weighted by molar-refractivity contribution is 0.112. The molecular weight excluding hydrogens is 226 g/mol. The summed E-state index contributed by atoms with van der Waals surface area (Å²) in [5.41, 5.74) is 1.73. The second-order valence-electron chi connectivity index (χ2n) is 5.14. The van der Waals surface area contributed by atoms with E-state index in [2.05, 4.69) is 28.6 Å². The zero-order valence-electron chi connectivity index (χ0n) is 11.4. The largest absolute Gasteiger partial charge is 0.354 e. The third kappa shape index (κ3) is 2.70. The fourth-order valence-corrected chi connectivity index (χ4v) is 2.43. The van der Waals surface area contributed by atoms with Gasteiger partial charge >= 0.3 is 0 Å². The summed E-state index contributed by atoms with van der Waals surface area (Å²) in [6.45, 7) is 10.7. The van der Waals surface area contributed by atoms with Gasteiger partial charge in [-0.05, 0) is 32.4 Å². The molecule has 1 fully saturated rings. The van der Waals surface area contributed by atoms with Crippen molar-refractivity contribution in [3.63, 3.8) is 0 Å². The third-order valence-corrected chi connectivity index (χ3v) is 3.55. The minimum atomic E-state index is 0.610. The first-order chi connectivity index (χ1) is 8.61. The number of aryl methyl sites for hydroxylation is 1. The number of rotatable bonds is 3. The van der Waals surface area contributed by atoms with Gasteiger partial charge in [0.1, 0.15) is 5.82 Å². The van der Waals surface area contributed by atoms with Crippen molar-refractivity contribution in [3.8, 4) is 0 Å². The van der Waals surface area contributed by atoms with E-state index in [0.717, 1.165) is 43.8 Å². The smallest absolute Gasteiger partial charge is 0.151 e. The molecule has 4 heteroatoms. The van der Waals surface area contributed by atoms with Gasteiger partial charge in [-0.3, -0.25) is 9.69 Å². The summed E-state index contributed by atoms with van der Waals surface area (Å²) in [5, 5.41) is 0. The Morgan fingerprint density at radius 1 is 1.28 bits per heavy atom. The van der Waals surface area contributed by atoms with Crippen LogP contribution in [0.15, 0.2) is 12.3 Å². The van der Waals surface area contributed by atoms with Crippen LogP contribution in [-0.2, 0) is 0 Å². The minimum absolute atomic E-state index is 0.610. The molecule has 98 valence electrons. The van der Waals surface area contributed by atoms with Crippen molar-refractivity contribution in [2.75, 3.05) is 31.1 Å².